The van der Waals surface area contributed by atoms with Crippen molar-refractivity contribution in [1.29, 1.82) is 0 Å². The summed E-state index contributed by atoms with van der Waals surface area (Å²) in [6.45, 7) is 2.06. The van der Waals surface area contributed by atoms with Crippen molar-refractivity contribution in [2.75, 3.05) is 0 Å². The summed E-state index contributed by atoms with van der Waals surface area (Å²) in [6, 6.07) is 3.62. The van der Waals surface area contributed by atoms with Crippen LogP contribution >= 0.6 is 0 Å². The zero-order valence-corrected chi connectivity index (χ0v) is 9.47. The maximum Gasteiger partial charge on any atom is 0.126 e. The molecule has 1 aliphatic carbocycles. The molecule has 0 radical (unpaired) electrons. The monoisotopic (exact) mass is 225 g/mol. The van der Waals surface area contributed by atoms with Crippen molar-refractivity contribution >= 4 is 0 Å². The van der Waals surface area contributed by atoms with E-state index in [-0.39, 0.29) is 5.92 Å². The first-order chi connectivity index (χ1) is 7.52. The molecule has 1 saturated carbocycles. The van der Waals surface area contributed by atoms with Gasteiger partial charge < -0.3 is 5.73 Å². The van der Waals surface area contributed by atoms with E-state index in [1.807, 2.05) is 0 Å². The molecule has 0 amide bonds. The maximum absolute atomic E-state index is 13.2. The van der Waals surface area contributed by atoms with Crippen LogP contribution in [0.1, 0.15) is 38.2 Å². The van der Waals surface area contributed by atoms with Crippen molar-refractivity contribution in [3.05, 3.63) is 35.4 Å². The molecule has 0 saturated heterocycles. The molecule has 88 valence electrons. The van der Waals surface area contributed by atoms with Gasteiger partial charge in [-0.15, -0.1) is 0 Å². The predicted molar refractivity (Wildman–Crippen MR) is 59.9 cm³/mol. The van der Waals surface area contributed by atoms with E-state index in [4.69, 9.17) is 5.73 Å². The standard InChI is InChI=1S/C13H17F2N/c1-9-4-2-3-5-13(9,16)10-6-11(14)8-12(15)7-10/h6-9H,2-5,16H2,1H3. The van der Waals surface area contributed by atoms with E-state index in [2.05, 4.69) is 6.92 Å². The molecule has 1 aliphatic rings. The van der Waals surface area contributed by atoms with Gasteiger partial charge in [0.25, 0.3) is 0 Å². The van der Waals surface area contributed by atoms with Gasteiger partial charge >= 0.3 is 0 Å². The lowest BCUT2D eigenvalue weighted by atomic mass is 9.70. The summed E-state index contributed by atoms with van der Waals surface area (Å²) in [6.07, 6.45) is 4.00. The number of halogens is 2. The van der Waals surface area contributed by atoms with E-state index in [0.717, 1.165) is 31.7 Å². The van der Waals surface area contributed by atoms with E-state index >= 15 is 0 Å². The molecule has 3 heteroatoms. The van der Waals surface area contributed by atoms with Gasteiger partial charge in [-0.3, -0.25) is 0 Å². The second-order valence-electron chi connectivity index (χ2n) is 4.85. The van der Waals surface area contributed by atoms with Gasteiger partial charge in [-0.05, 0) is 36.5 Å². The smallest absolute Gasteiger partial charge is 0.126 e. The van der Waals surface area contributed by atoms with E-state index in [0.29, 0.717) is 5.56 Å². The maximum atomic E-state index is 13.2. The summed E-state index contributed by atoms with van der Waals surface area (Å²) >= 11 is 0. The summed E-state index contributed by atoms with van der Waals surface area (Å²) in [5.74, 6) is -0.822. The molecule has 16 heavy (non-hydrogen) atoms. The van der Waals surface area contributed by atoms with Crippen LogP contribution in [0.15, 0.2) is 18.2 Å². The van der Waals surface area contributed by atoms with Crippen LogP contribution in [0.25, 0.3) is 0 Å². The normalized spacial score (nSPS) is 30.4. The van der Waals surface area contributed by atoms with Crippen molar-refractivity contribution in [1.82, 2.24) is 0 Å². The molecule has 0 aliphatic heterocycles. The highest BCUT2D eigenvalue weighted by molar-refractivity contribution is 5.27. The Labute approximate surface area is 94.7 Å². The Kier molecular flexibility index (Phi) is 2.98. The molecule has 0 bridgehead atoms. The van der Waals surface area contributed by atoms with Crippen molar-refractivity contribution in [2.24, 2.45) is 11.7 Å². The highest BCUT2D eigenvalue weighted by atomic mass is 19.1. The lowest BCUT2D eigenvalue weighted by molar-refractivity contribution is 0.206. The van der Waals surface area contributed by atoms with Crippen LogP contribution in [0.5, 0.6) is 0 Å². The summed E-state index contributed by atoms with van der Waals surface area (Å²) in [7, 11) is 0. The lowest BCUT2D eigenvalue weighted by Crippen LogP contribution is -2.45. The van der Waals surface area contributed by atoms with Gasteiger partial charge in [-0.1, -0.05) is 19.8 Å². The van der Waals surface area contributed by atoms with E-state index in [1.54, 1.807) is 0 Å². The van der Waals surface area contributed by atoms with Crippen LogP contribution in [0.4, 0.5) is 8.78 Å². The van der Waals surface area contributed by atoms with Gasteiger partial charge in [0, 0.05) is 11.6 Å². The average Bonchev–Trinajstić information content (AvgIpc) is 2.21. The highest BCUT2D eigenvalue weighted by Crippen LogP contribution is 2.39. The Morgan fingerprint density at radius 3 is 2.38 bits per heavy atom. The van der Waals surface area contributed by atoms with Gasteiger partial charge in [0.05, 0.1) is 0 Å². The topological polar surface area (TPSA) is 26.0 Å². The first kappa shape index (κ1) is 11.5. The highest BCUT2D eigenvalue weighted by Gasteiger charge is 2.36. The van der Waals surface area contributed by atoms with E-state index in [1.165, 1.54) is 12.1 Å². The van der Waals surface area contributed by atoms with Crippen molar-refractivity contribution in [3.8, 4) is 0 Å². The first-order valence-electron chi connectivity index (χ1n) is 5.78. The Morgan fingerprint density at radius 2 is 1.81 bits per heavy atom. The predicted octanol–water partition coefficient (Wildman–Crippen LogP) is 3.33. The van der Waals surface area contributed by atoms with Crippen LogP contribution in [0, 0.1) is 17.6 Å². The molecule has 0 spiro atoms. The molecule has 2 rings (SSSR count). The number of hydrogen-bond donors (Lipinski definition) is 1. The summed E-state index contributed by atoms with van der Waals surface area (Å²) in [5, 5.41) is 0. The zero-order valence-electron chi connectivity index (χ0n) is 9.47. The van der Waals surface area contributed by atoms with Gasteiger partial charge in [0.15, 0.2) is 0 Å². The molecule has 0 aromatic heterocycles. The molecule has 0 heterocycles. The third-order valence-electron chi connectivity index (χ3n) is 3.76. The summed E-state index contributed by atoms with van der Waals surface area (Å²) in [5.41, 5.74) is 6.35. The van der Waals surface area contributed by atoms with Gasteiger partial charge in [-0.2, -0.15) is 0 Å². The summed E-state index contributed by atoms with van der Waals surface area (Å²) < 4.78 is 26.4. The molecule has 1 nitrogen and oxygen atoms in total. The molecule has 1 fully saturated rings. The Bertz CT molecular complexity index is 371. The quantitative estimate of drug-likeness (QED) is 0.779. The average molecular weight is 225 g/mol. The van der Waals surface area contributed by atoms with E-state index in [9.17, 15) is 8.78 Å². The van der Waals surface area contributed by atoms with Crippen LogP contribution in [-0.2, 0) is 5.54 Å². The third kappa shape index (κ3) is 1.96. The first-order valence-corrected chi connectivity index (χ1v) is 5.78. The number of benzene rings is 1. The molecular formula is C13H17F2N. The number of hydrogen-bond acceptors (Lipinski definition) is 1. The molecule has 2 atom stereocenters. The largest absolute Gasteiger partial charge is 0.321 e. The van der Waals surface area contributed by atoms with Crippen molar-refractivity contribution in [2.45, 2.75) is 38.1 Å². The number of nitrogens with two attached hydrogens (primary N) is 1. The Balaban J connectivity index is 2.40. The fourth-order valence-corrected chi connectivity index (χ4v) is 2.62. The van der Waals surface area contributed by atoms with Crippen LogP contribution in [0.2, 0.25) is 0 Å². The van der Waals surface area contributed by atoms with Gasteiger partial charge in [0.1, 0.15) is 11.6 Å². The molecule has 1 aromatic rings. The minimum Gasteiger partial charge on any atom is -0.321 e. The fraction of sp³-hybridized carbons (Fsp3) is 0.538. The van der Waals surface area contributed by atoms with Crippen molar-refractivity contribution < 1.29 is 8.78 Å². The molecular weight excluding hydrogens is 208 g/mol. The summed E-state index contributed by atoms with van der Waals surface area (Å²) in [4.78, 5) is 0. The lowest BCUT2D eigenvalue weighted by Gasteiger charge is -2.40. The minimum atomic E-state index is -0.568. The van der Waals surface area contributed by atoms with Crippen LogP contribution in [-0.4, -0.2) is 0 Å². The Morgan fingerprint density at radius 1 is 1.19 bits per heavy atom. The molecule has 1 aromatic carbocycles. The van der Waals surface area contributed by atoms with E-state index < -0.39 is 17.2 Å². The van der Waals surface area contributed by atoms with Crippen molar-refractivity contribution in [3.63, 3.8) is 0 Å². The zero-order chi connectivity index (χ0) is 11.8. The van der Waals surface area contributed by atoms with Gasteiger partial charge in [-0.25, -0.2) is 8.78 Å². The minimum absolute atomic E-state index is 0.266. The molecule has 2 unspecified atom stereocenters. The SMILES string of the molecule is CC1CCCCC1(N)c1cc(F)cc(F)c1. The Hall–Kier alpha value is -0.960. The second kappa shape index (κ2) is 4.13. The van der Waals surface area contributed by atoms with Crippen LogP contribution < -0.4 is 5.73 Å². The third-order valence-corrected chi connectivity index (χ3v) is 3.76. The van der Waals surface area contributed by atoms with Crippen LogP contribution in [0.3, 0.4) is 0 Å². The van der Waals surface area contributed by atoms with Gasteiger partial charge in [0.2, 0.25) is 0 Å². The number of rotatable bonds is 1. The fourth-order valence-electron chi connectivity index (χ4n) is 2.62. The molecule has 2 N–H and O–H groups in total. The second-order valence-corrected chi connectivity index (χ2v) is 4.85.